The average molecular weight is 356 g/mol. The third-order valence-corrected chi connectivity index (χ3v) is 4.47. The van der Waals surface area contributed by atoms with Crippen molar-refractivity contribution >= 4 is 35.0 Å². The molecule has 0 atom stereocenters. The van der Waals surface area contributed by atoms with Crippen LogP contribution in [0.4, 0.5) is 5.69 Å². The highest BCUT2D eigenvalue weighted by molar-refractivity contribution is 7.99. The highest BCUT2D eigenvalue weighted by Gasteiger charge is 2.18. The summed E-state index contributed by atoms with van der Waals surface area (Å²) < 4.78 is 1.57. The maximum atomic E-state index is 12.6. The second-order valence-corrected chi connectivity index (χ2v) is 6.37. The van der Waals surface area contributed by atoms with E-state index in [1.807, 2.05) is 18.2 Å². The average Bonchev–Trinajstić information content (AvgIpc) is 2.90. The Kier molecular flexibility index (Phi) is 4.99. The number of fused-ring (bicyclic) bond motifs is 1. The van der Waals surface area contributed by atoms with Gasteiger partial charge in [0, 0.05) is 23.8 Å². The van der Waals surface area contributed by atoms with Crippen molar-refractivity contribution in [2.24, 2.45) is 0 Å². The lowest BCUT2D eigenvalue weighted by atomic mass is 10.2. The standard InChI is InChI=1S/C17H16N4O3S/c1-11-15(16-18-6-3-7-21(16)20-11)17(24)19-13-5-2-4-12(8-13)9-25-10-14(22)23/h2-8H,9-10H2,1H3,(H,19,24)(H,22,23). The minimum atomic E-state index is -0.842. The molecule has 0 aliphatic carbocycles. The Morgan fingerprint density at radius 2 is 2.16 bits per heavy atom. The number of nitrogens with zero attached hydrogens (tertiary/aromatic N) is 3. The van der Waals surface area contributed by atoms with Crippen LogP contribution in [0.5, 0.6) is 0 Å². The summed E-state index contributed by atoms with van der Waals surface area (Å²) in [5, 5.41) is 15.8. The van der Waals surface area contributed by atoms with E-state index in [0.717, 1.165) is 5.56 Å². The molecular weight excluding hydrogens is 340 g/mol. The minimum Gasteiger partial charge on any atom is -0.481 e. The number of benzene rings is 1. The van der Waals surface area contributed by atoms with E-state index in [-0.39, 0.29) is 11.7 Å². The van der Waals surface area contributed by atoms with E-state index in [4.69, 9.17) is 5.11 Å². The minimum absolute atomic E-state index is 0.0455. The summed E-state index contributed by atoms with van der Waals surface area (Å²) in [4.78, 5) is 27.4. The van der Waals surface area contributed by atoms with Gasteiger partial charge in [-0.15, -0.1) is 11.8 Å². The van der Waals surface area contributed by atoms with Gasteiger partial charge in [-0.05, 0) is 30.7 Å². The number of anilines is 1. The Labute approximate surface area is 148 Å². The number of hydrogen-bond acceptors (Lipinski definition) is 5. The fraction of sp³-hybridized carbons (Fsp3) is 0.176. The molecule has 0 spiro atoms. The van der Waals surface area contributed by atoms with Gasteiger partial charge in [-0.25, -0.2) is 9.50 Å². The van der Waals surface area contributed by atoms with E-state index in [1.54, 1.807) is 36.0 Å². The predicted octanol–water partition coefficient (Wildman–Crippen LogP) is 2.61. The normalized spacial score (nSPS) is 10.8. The molecule has 1 amide bonds. The van der Waals surface area contributed by atoms with Crippen LogP contribution in [0.3, 0.4) is 0 Å². The molecule has 0 fully saturated rings. The Balaban J connectivity index is 1.76. The van der Waals surface area contributed by atoms with Gasteiger partial charge in [0.1, 0.15) is 5.56 Å². The molecule has 1 aromatic carbocycles. The summed E-state index contributed by atoms with van der Waals surface area (Å²) >= 11 is 1.31. The fourth-order valence-corrected chi connectivity index (χ4v) is 3.14. The van der Waals surface area contributed by atoms with Crippen molar-refractivity contribution in [2.75, 3.05) is 11.1 Å². The van der Waals surface area contributed by atoms with Gasteiger partial charge < -0.3 is 10.4 Å². The fourth-order valence-electron chi connectivity index (χ4n) is 2.45. The molecule has 3 aromatic rings. The first-order valence-electron chi connectivity index (χ1n) is 7.54. The molecule has 0 aliphatic rings. The molecule has 128 valence electrons. The largest absolute Gasteiger partial charge is 0.481 e. The van der Waals surface area contributed by atoms with Crippen LogP contribution in [0.2, 0.25) is 0 Å². The Bertz CT molecular complexity index is 939. The number of thioether (sulfide) groups is 1. The van der Waals surface area contributed by atoms with Crippen LogP contribution >= 0.6 is 11.8 Å². The highest BCUT2D eigenvalue weighted by Crippen LogP contribution is 2.19. The van der Waals surface area contributed by atoms with Crippen LogP contribution in [0.25, 0.3) is 5.65 Å². The number of aromatic nitrogens is 3. The first-order chi connectivity index (χ1) is 12.0. The molecule has 3 rings (SSSR count). The maximum Gasteiger partial charge on any atom is 0.313 e. The molecule has 0 radical (unpaired) electrons. The molecule has 0 saturated heterocycles. The molecule has 0 saturated carbocycles. The summed E-state index contributed by atoms with van der Waals surface area (Å²) in [5.74, 6) is -0.510. The molecule has 0 aliphatic heterocycles. The number of carbonyl (C=O) groups is 2. The molecule has 8 heteroatoms. The highest BCUT2D eigenvalue weighted by atomic mass is 32.2. The predicted molar refractivity (Wildman–Crippen MR) is 95.9 cm³/mol. The van der Waals surface area contributed by atoms with Crippen molar-refractivity contribution in [2.45, 2.75) is 12.7 Å². The number of nitrogens with one attached hydrogen (secondary N) is 1. The Morgan fingerprint density at radius 3 is 2.96 bits per heavy atom. The van der Waals surface area contributed by atoms with Crippen molar-refractivity contribution in [3.63, 3.8) is 0 Å². The van der Waals surface area contributed by atoms with E-state index in [2.05, 4.69) is 15.4 Å². The third kappa shape index (κ3) is 3.97. The first kappa shape index (κ1) is 17.0. The lowest BCUT2D eigenvalue weighted by molar-refractivity contribution is -0.133. The van der Waals surface area contributed by atoms with Crippen LogP contribution in [-0.4, -0.2) is 37.3 Å². The quantitative estimate of drug-likeness (QED) is 0.705. The molecule has 2 aromatic heterocycles. The number of hydrogen-bond donors (Lipinski definition) is 2. The van der Waals surface area contributed by atoms with Gasteiger partial charge in [0.15, 0.2) is 5.65 Å². The van der Waals surface area contributed by atoms with Gasteiger partial charge in [0.05, 0.1) is 11.4 Å². The van der Waals surface area contributed by atoms with Gasteiger partial charge in [0.2, 0.25) is 0 Å². The number of aliphatic carboxylic acids is 1. The number of carbonyl (C=O) groups excluding carboxylic acids is 1. The summed E-state index contributed by atoms with van der Waals surface area (Å²) in [6.07, 6.45) is 3.36. The zero-order valence-corrected chi connectivity index (χ0v) is 14.3. The van der Waals surface area contributed by atoms with Crippen LogP contribution in [0, 0.1) is 6.92 Å². The van der Waals surface area contributed by atoms with Gasteiger partial charge in [-0.3, -0.25) is 9.59 Å². The van der Waals surface area contributed by atoms with E-state index in [0.29, 0.717) is 28.3 Å². The molecule has 0 unspecified atom stereocenters. The number of aryl methyl sites for hydroxylation is 1. The van der Waals surface area contributed by atoms with Crippen molar-refractivity contribution in [1.29, 1.82) is 0 Å². The van der Waals surface area contributed by atoms with E-state index < -0.39 is 5.97 Å². The van der Waals surface area contributed by atoms with E-state index in [9.17, 15) is 9.59 Å². The number of rotatable bonds is 6. The second-order valence-electron chi connectivity index (χ2n) is 5.39. The van der Waals surface area contributed by atoms with Gasteiger partial charge in [0.25, 0.3) is 5.91 Å². The zero-order chi connectivity index (χ0) is 17.8. The van der Waals surface area contributed by atoms with Crippen molar-refractivity contribution in [3.8, 4) is 0 Å². The zero-order valence-electron chi connectivity index (χ0n) is 13.5. The van der Waals surface area contributed by atoms with Gasteiger partial charge in [-0.2, -0.15) is 5.10 Å². The topological polar surface area (TPSA) is 96.6 Å². The maximum absolute atomic E-state index is 12.6. The lowest BCUT2D eigenvalue weighted by Crippen LogP contribution is -2.13. The summed E-state index contributed by atoms with van der Waals surface area (Å²) in [6.45, 7) is 1.77. The third-order valence-electron chi connectivity index (χ3n) is 3.48. The van der Waals surface area contributed by atoms with Crippen molar-refractivity contribution < 1.29 is 14.7 Å². The monoisotopic (exact) mass is 356 g/mol. The molecule has 2 N–H and O–H groups in total. The second kappa shape index (κ2) is 7.35. The number of carboxylic acid groups (broad SMARTS) is 1. The van der Waals surface area contributed by atoms with Crippen molar-refractivity contribution in [1.82, 2.24) is 14.6 Å². The SMILES string of the molecule is Cc1nn2cccnc2c1C(=O)Nc1cccc(CSCC(=O)O)c1. The molecular formula is C17H16N4O3S. The van der Waals surface area contributed by atoms with Crippen molar-refractivity contribution in [3.05, 3.63) is 59.5 Å². The molecule has 25 heavy (non-hydrogen) atoms. The summed E-state index contributed by atoms with van der Waals surface area (Å²) in [5.41, 5.74) is 3.13. The smallest absolute Gasteiger partial charge is 0.313 e. The summed E-state index contributed by atoms with van der Waals surface area (Å²) in [6, 6.07) is 9.10. The Morgan fingerprint density at radius 1 is 1.32 bits per heavy atom. The van der Waals surface area contributed by atoms with E-state index in [1.165, 1.54) is 11.8 Å². The van der Waals surface area contributed by atoms with E-state index >= 15 is 0 Å². The van der Waals surface area contributed by atoms with Crippen LogP contribution in [-0.2, 0) is 10.5 Å². The lowest BCUT2D eigenvalue weighted by Gasteiger charge is -2.07. The summed E-state index contributed by atoms with van der Waals surface area (Å²) in [7, 11) is 0. The van der Waals surface area contributed by atoms with Gasteiger partial charge >= 0.3 is 5.97 Å². The number of amides is 1. The van der Waals surface area contributed by atoms with Crippen LogP contribution in [0.1, 0.15) is 21.6 Å². The molecule has 0 bridgehead atoms. The van der Waals surface area contributed by atoms with Crippen LogP contribution < -0.4 is 5.32 Å². The van der Waals surface area contributed by atoms with Crippen LogP contribution in [0.15, 0.2) is 42.7 Å². The number of carboxylic acids is 1. The first-order valence-corrected chi connectivity index (χ1v) is 8.70. The molecule has 7 nitrogen and oxygen atoms in total. The molecule has 2 heterocycles. The van der Waals surface area contributed by atoms with Gasteiger partial charge in [-0.1, -0.05) is 12.1 Å². The Hall–Kier alpha value is -2.87.